The molecule has 0 radical (unpaired) electrons. The molecule has 10 heteroatoms. The SMILES string of the molecule is CCOP(=O)(CCCCCCNC(=S)SC[C@H](NC(C)=O)C(=O)O)c1ccccc1. The van der Waals surface area contributed by atoms with Crippen LogP contribution in [0.5, 0.6) is 0 Å². The van der Waals surface area contributed by atoms with Crippen LogP contribution in [-0.4, -0.2) is 52.4 Å². The number of carbonyl (C=O) groups excluding carboxylic acids is 1. The van der Waals surface area contributed by atoms with Gasteiger partial charge in [-0.3, -0.25) is 9.36 Å². The molecule has 0 aliphatic carbocycles. The van der Waals surface area contributed by atoms with Crippen LogP contribution in [0.25, 0.3) is 0 Å². The molecule has 1 aromatic rings. The van der Waals surface area contributed by atoms with Crippen molar-refractivity contribution in [2.75, 3.05) is 25.1 Å². The first-order chi connectivity index (χ1) is 14.3. The van der Waals surface area contributed by atoms with Crippen molar-refractivity contribution >= 4 is 52.9 Å². The first-order valence-corrected chi connectivity index (χ1v) is 13.2. The third kappa shape index (κ3) is 10.6. The molecule has 1 rings (SSSR count). The Morgan fingerprint density at radius 3 is 2.47 bits per heavy atom. The average Bonchev–Trinajstić information content (AvgIpc) is 2.70. The number of carboxylic acids is 1. The van der Waals surface area contributed by atoms with E-state index in [1.165, 1.54) is 18.7 Å². The standard InChI is InChI=1S/C20H31N2O5PS2/c1-3-27-28(26,17-11-7-6-8-12-17)14-10-5-4-9-13-21-20(29)30-15-18(19(24)25)22-16(2)23/h6-8,11-12,18H,3-5,9-10,13-15H2,1-2H3,(H,21,29)(H,22,23)(H,24,25)/t18-,28?/m0/s1. The van der Waals surface area contributed by atoms with Gasteiger partial charge in [-0.15, -0.1) is 0 Å². The van der Waals surface area contributed by atoms with Crippen molar-refractivity contribution in [3.05, 3.63) is 30.3 Å². The zero-order valence-electron chi connectivity index (χ0n) is 17.5. The molecule has 0 spiro atoms. The quantitative estimate of drug-likeness (QED) is 0.214. The third-order valence-corrected chi connectivity index (χ3v) is 8.26. The van der Waals surface area contributed by atoms with Crippen molar-refractivity contribution in [2.24, 2.45) is 0 Å². The van der Waals surface area contributed by atoms with Crippen LogP contribution in [0.1, 0.15) is 39.5 Å². The Bertz CT molecular complexity index is 733. The van der Waals surface area contributed by atoms with Gasteiger partial charge in [-0.25, -0.2) is 4.79 Å². The first-order valence-electron chi connectivity index (χ1n) is 9.98. The molecule has 2 atom stereocenters. The summed E-state index contributed by atoms with van der Waals surface area (Å²) in [6.07, 6.45) is 4.16. The molecule has 0 heterocycles. The molecule has 168 valence electrons. The number of thioether (sulfide) groups is 1. The van der Waals surface area contributed by atoms with Crippen LogP contribution in [0.4, 0.5) is 0 Å². The lowest BCUT2D eigenvalue weighted by Crippen LogP contribution is -2.42. The van der Waals surface area contributed by atoms with Crippen LogP contribution in [0.15, 0.2) is 30.3 Å². The number of hydrogen-bond donors (Lipinski definition) is 3. The minimum Gasteiger partial charge on any atom is -0.480 e. The predicted molar refractivity (Wildman–Crippen MR) is 127 cm³/mol. The summed E-state index contributed by atoms with van der Waals surface area (Å²) >= 11 is 6.40. The normalized spacial score (nSPS) is 13.8. The fourth-order valence-electron chi connectivity index (χ4n) is 2.75. The molecule has 0 aromatic heterocycles. The van der Waals surface area contributed by atoms with Gasteiger partial charge in [0.25, 0.3) is 0 Å². The fraction of sp³-hybridized carbons (Fsp3) is 0.550. The van der Waals surface area contributed by atoms with E-state index in [2.05, 4.69) is 10.6 Å². The van der Waals surface area contributed by atoms with Crippen LogP contribution in [0, 0.1) is 0 Å². The summed E-state index contributed by atoms with van der Waals surface area (Å²) < 4.78 is 19.2. The number of amides is 1. The van der Waals surface area contributed by atoms with Crippen LogP contribution in [0.2, 0.25) is 0 Å². The Balaban J connectivity index is 2.23. The molecule has 0 saturated carbocycles. The number of aliphatic carboxylic acids is 1. The highest BCUT2D eigenvalue weighted by Crippen LogP contribution is 2.46. The van der Waals surface area contributed by atoms with Gasteiger partial charge in [-0.1, -0.05) is 55.0 Å². The molecule has 0 bridgehead atoms. The summed E-state index contributed by atoms with van der Waals surface area (Å²) in [5.41, 5.74) is 0. The van der Waals surface area contributed by atoms with Gasteiger partial charge in [0.2, 0.25) is 13.3 Å². The van der Waals surface area contributed by atoms with Crippen molar-refractivity contribution in [3.8, 4) is 0 Å². The van der Waals surface area contributed by atoms with Crippen molar-refractivity contribution in [3.63, 3.8) is 0 Å². The summed E-state index contributed by atoms with van der Waals surface area (Å²) in [6.45, 7) is 4.25. The summed E-state index contributed by atoms with van der Waals surface area (Å²) in [6, 6.07) is 8.42. The first kappa shape index (κ1) is 26.6. The second kappa shape index (κ2) is 14.6. The Hall–Kier alpha value is -1.41. The number of unbranched alkanes of at least 4 members (excludes halogenated alkanes) is 3. The monoisotopic (exact) mass is 474 g/mol. The summed E-state index contributed by atoms with van der Waals surface area (Å²) in [4.78, 5) is 22.1. The number of benzene rings is 1. The molecule has 1 amide bonds. The molecule has 0 saturated heterocycles. The van der Waals surface area contributed by atoms with Crippen LogP contribution in [0.3, 0.4) is 0 Å². The highest BCUT2D eigenvalue weighted by Gasteiger charge is 2.24. The largest absolute Gasteiger partial charge is 0.480 e. The third-order valence-electron chi connectivity index (χ3n) is 4.19. The number of hydrogen-bond acceptors (Lipinski definition) is 6. The molecule has 0 fully saturated rings. The van der Waals surface area contributed by atoms with Gasteiger partial charge in [-0.2, -0.15) is 0 Å². The Kier molecular flexibility index (Phi) is 12.9. The van der Waals surface area contributed by atoms with Gasteiger partial charge in [0.15, 0.2) is 0 Å². The van der Waals surface area contributed by atoms with E-state index >= 15 is 0 Å². The van der Waals surface area contributed by atoms with Gasteiger partial charge in [-0.05, 0) is 31.9 Å². The topological polar surface area (TPSA) is 105 Å². The molecular weight excluding hydrogens is 443 g/mol. The van der Waals surface area contributed by atoms with Crippen LogP contribution >= 0.6 is 31.3 Å². The number of thiocarbonyl (C=S) groups is 1. The number of carboxylic acid groups (broad SMARTS) is 1. The van der Waals surface area contributed by atoms with Gasteiger partial charge in [0, 0.05) is 30.7 Å². The van der Waals surface area contributed by atoms with Gasteiger partial charge in [0.05, 0.1) is 6.61 Å². The van der Waals surface area contributed by atoms with E-state index in [9.17, 15) is 14.2 Å². The van der Waals surface area contributed by atoms with E-state index in [0.717, 1.165) is 31.0 Å². The molecule has 1 unspecified atom stereocenters. The van der Waals surface area contributed by atoms with E-state index in [0.29, 0.717) is 23.6 Å². The smallest absolute Gasteiger partial charge is 0.327 e. The molecule has 0 aliphatic heterocycles. The van der Waals surface area contributed by atoms with Crippen LogP contribution in [-0.2, 0) is 18.7 Å². The second-order valence-electron chi connectivity index (χ2n) is 6.68. The summed E-state index contributed by atoms with van der Waals surface area (Å²) in [5.74, 6) is -1.30. The predicted octanol–water partition coefficient (Wildman–Crippen LogP) is 3.38. The maximum absolute atomic E-state index is 13.1. The van der Waals surface area contributed by atoms with Crippen molar-refractivity contribution in [2.45, 2.75) is 45.6 Å². The minimum atomic E-state index is -2.80. The molecular formula is C20H31N2O5PS2. The lowest BCUT2D eigenvalue weighted by Gasteiger charge is -2.18. The average molecular weight is 475 g/mol. The van der Waals surface area contributed by atoms with Crippen molar-refractivity contribution < 1.29 is 23.8 Å². The van der Waals surface area contributed by atoms with Gasteiger partial charge >= 0.3 is 5.97 Å². The van der Waals surface area contributed by atoms with Crippen molar-refractivity contribution in [1.82, 2.24) is 10.6 Å². The zero-order valence-corrected chi connectivity index (χ0v) is 20.0. The maximum Gasteiger partial charge on any atom is 0.327 e. The van der Waals surface area contributed by atoms with E-state index in [4.69, 9.17) is 21.8 Å². The second-order valence-corrected chi connectivity index (χ2v) is 10.9. The molecule has 3 N–H and O–H groups in total. The lowest BCUT2D eigenvalue weighted by molar-refractivity contribution is -0.140. The zero-order chi connectivity index (χ0) is 22.4. The van der Waals surface area contributed by atoms with E-state index in [1.807, 2.05) is 37.3 Å². The number of rotatable bonds is 14. The summed E-state index contributed by atoms with van der Waals surface area (Å²) in [5, 5.41) is 15.3. The molecule has 1 aromatic carbocycles. The van der Waals surface area contributed by atoms with E-state index in [1.54, 1.807) is 0 Å². The minimum absolute atomic E-state index is 0.174. The van der Waals surface area contributed by atoms with Gasteiger partial charge in [0.1, 0.15) is 10.4 Å². The highest BCUT2D eigenvalue weighted by molar-refractivity contribution is 8.23. The van der Waals surface area contributed by atoms with Crippen LogP contribution < -0.4 is 15.9 Å². The Morgan fingerprint density at radius 2 is 1.87 bits per heavy atom. The number of carbonyl (C=O) groups is 2. The summed E-state index contributed by atoms with van der Waals surface area (Å²) in [7, 11) is -2.80. The highest BCUT2D eigenvalue weighted by atomic mass is 32.2. The van der Waals surface area contributed by atoms with E-state index < -0.39 is 19.4 Å². The van der Waals surface area contributed by atoms with Crippen molar-refractivity contribution in [1.29, 1.82) is 0 Å². The fourth-order valence-corrected chi connectivity index (χ4v) is 6.02. The Morgan fingerprint density at radius 1 is 1.20 bits per heavy atom. The Labute approximate surface area is 188 Å². The van der Waals surface area contributed by atoms with E-state index in [-0.39, 0.29) is 11.7 Å². The van der Waals surface area contributed by atoms with Gasteiger partial charge < -0.3 is 20.3 Å². The molecule has 0 aliphatic rings. The molecule has 7 nitrogen and oxygen atoms in total. The maximum atomic E-state index is 13.1. The number of nitrogens with one attached hydrogen (secondary N) is 2. The lowest BCUT2D eigenvalue weighted by atomic mass is 10.2. The molecule has 30 heavy (non-hydrogen) atoms.